The standard InChI is InChI=1S/C16H15ClO2/c1-3-19-15-7-5-4-6-13(15)16(18)12-9-8-11(2)10-14(12)17/h4-10H,3H2,1-2H3. The molecule has 0 aliphatic rings. The van der Waals surface area contributed by atoms with Crippen LogP contribution in [0.5, 0.6) is 5.75 Å². The highest BCUT2D eigenvalue weighted by molar-refractivity contribution is 6.35. The first-order chi connectivity index (χ1) is 9.13. The topological polar surface area (TPSA) is 26.3 Å². The van der Waals surface area contributed by atoms with Crippen molar-refractivity contribution in [1.82, 2.24) is 0 Å². The normalized spacial score (nSPS) is 10.3. The molecule has 0 bridgehead atoms. The molecule has 2 aromatic carbocycles. The van der Waals surface area contributed by atoms with Crippen LogP contribution in [0.15, 0.2) is 42.5 Å². The summed E-state index contributed by atoms with van der Waals surface area (Å²) in [4.78, 5) is 12.5. The van der Waals surface area contributed by atoms with Crippen molar-refractivity contribution in [1.29, 1.82) is 0 Å². The predicted octanol–water partition coefficient (Wildman–Crippen LogP) is 4.28. The molecule has 0 radical (unpaired) electrons. The third-order valence-corrected chi connectivity index (χ3v) is 3.11. The smallest absolute Gasteiger partial charge is 0.198 e. The van der Waals surface area contributed by atoms with E-state index < -0.39 is 0 Å². The molecule has 2 aromatic rings. The minimum atomic E-state index is -0.117. The van der Waals surface area contributed by atoms with E-state index in [-0.39, 0.29) is 5.78 Å². The van der Waals surface area contributed by atoms with Gasteiger partial charge in [-0.15, -0.1) is 0 Å². The number of halogens is 1. The third kappa shape index (κ3) is 2.96. The maximum absolute atomic E-state index is 12.5. The Hall–Kier alpha value is -1.80. The Morgan fingerprint density at radius 1 is 1.16 bits per heavy atom. The van der Waals surface area contributed by atoms with Crippen LogP contribution in [-0.2, 0) is 0 Å². The summed E-state index contributed by atoms with van der Waals surface area (Å²) in [6, 6.07) is 12.6. The average Bonchev–Trinajstić information content (AvgIpc) is 2.39. The molecular formula is C16H15ClO2. The van der Waals surface area contributed by atoms with Gasteiger partial charge in [0.15, 0.2) is 5.78 Å². The number of carbonyl (C=O) groups is 1. The lowest BCUT2D eigenvalue weighted by Gasteiger charge is -2.10. The summed E-state index contributed by atoms with van der Waals surface area (Å²) in [7, 11) is 0. The van der Waals surface area contributed by atoms with Gasteiger partial charge in [-0.2, -0.15) is 0 Å². The Bertz CT molecular complexity index is 605. The van der Waals surface area contributed by atoms with Crippen LogP contribution in [0.2, 0.25) is 5.02 Å². The van der Waals surface area contributed by atoms with Gasteiger partial charge in [0.05, 0.1) is 17.2 Å². The van der Waals surface area contributed by atoms with Gasteiger partial charge < -0.3 is 4.74 Å². The van der Waals surface area contributed by atoms with E-state index in [1.165, 1.54) is 0 Å². The summed E-state index contributed by atoms with van der Waals surface area (Å²) in [5.41, 5.74) is 2.06. The van der Waals surface area contributed by atoms with Crippen LogP contribution in [0.3, 0.4) is 0 Å². The van der Waals surface area contributed by atoms with Crippen molar-refractivity contribution in [3.05, 3.63) is 64.2 Å². The number of aryl methyl sites for hydroxylation is 1. The largest absolute Gasteiger partial charge is 0.493 e. The van der Waals surface area contributed by atoms with Crippen LogP contribution >= 0.6 is 11.6 Å². The molecule has 2 rings (SSSR count). The van der Waals surface area contributed by atoms with Crippen molar-refractivity contribution in [3.63, 3.8) is 0 Å². The number of hydrogen-bond donors (Lipinski definition) is 0. The minimum Gasteiger partial charge on any atom is -0.493 e. The first-order valence-electron chi connectivity index (χ1n) is 6.16. The van der Waals surface area contributed by atoms with E-state index in [1.54, 1.807) is 24.3 Å². The lowest BCUT2D eigenvalue weighted by atomic mass is 10.0. The zero-order valence-corrected chi connectivity index (χ0v) is 11.7. The number of ether oxygens (including phenoxy) is 1. The van der Waals surface area contributed by atoms with E-state index in [9.17, 15) is 4.79 Å². The highest BCUT2D eigenvalue weighted by Gasteiger charge is 2.16. The zero-order chi connectivity index (χ0) is 13.8. The summed E-state index contributed by atoms with van der Waals surface area (Å²) >= 11 is 6.14. The van der Waals surface area contributed by atoms with Crippen LogP contribution in [0.1, 0.15) is 28.4 Å². The van der Waals surface area contributed by atoms with Crippen molar-refractivity contribution < 1.29 is 9.53 Å². The molecule has 0 spiro atoms. The molecule has 0 heterocycles. The summed E-state index contributed by atoms with van der Waals surface area (Å²) in [5, 5.41) is 0.469. The average molecular weight is 275 g/mol. The third-order valence-electron chi connectivity index (χ3n) is 2.80. The van der Waals surface area contributed by atoms with Gasteiger partial charge in [0.1, 0.15) is 5.75 Å². The molecular weight excluding hydrogens is 260 g/mol. The molecule has 0 unspecified atom stereocenters. The second kappa shape index (κ2) is 5.89. The molecule has 98 valence electrons. The highest BCUT2D eigenvalue weighted by atomic mass is 35.5. The molecule has 0 fully saturated rings. The van der Waals surface area contributed by atoms with E-state index in [0.717, 1.165) is 5.56 Å². The molecule has 0 N–H and O–H groups in total. The molecule has 0 aromatic heterocycles. The Kier molecular flexibility index (Phi) is 4.23. The van der Waals surface area contributed by atoms with E-state index >= 15 is 0 Å². The minimum absolute atomic E-state index is 0.117. The predicted molar refractivity (Wildman–Crippen MR) is 77.2 cm³/mol. The molecule has 2 nitrogen and oxygen atoms in total. The Morgan fingerprint density at radius 2 is 1.89 bits per heavy atom. The Balaban J connectivity index is 2.44. The fraction of sp³-hybridized carbons (Fsp3) is 0.188. The van der Waals surface area contributed by atoms with E-state index in [4.69, 9.17) is 16.3 Å². The van der Waals surface area contributed by atoms with Crippen molar-refractivity contribution in [2.75, 3.05) is 6.61 Å². The van der Waals surface area contributed by atoms with Gasteiger partial charge in [0, 0.05) is 5.56 Å². The highest BCUT2D eigenvalue weighted by Crippen LogP contribution is 2.25. The molecule has 3 heteroatoms. The maximum atomic E-state index is 12.5. The van der Waals surface area contributed by atoms with Crippen LogP contribution < -0.4 is 4.74 Å². The summed E-state index contributed by atoms with van der Waals surface area (Å²) in [6.07, 6.45) is 0. The van der Waals surface area contributed by atoms with Gasteiger partial charge in [-0.05, 0) is 43.7 Å². The lowest BCUT2D eigenvalue weighted by Crippen LogP contribution is -2.06. The monoisotopic (exact) mass is 274 g/mol. The molecule has 0 saturated carbocycles. The first kappa shape index (κ1) is 13.6. The Morgan fingerprint density at radius 3 is 2.58 bits per heavy atom. The Labute approximate surface area is 118 Å². The van der Waals surface area contributed by atoms with Crippen LogP contribution in [0.25, 0.3) is 0 Å². The molecule has 0 amide bonds. The molecule has 0 atom stereocenters. The van der Waals surface area contributed by atoms with Gasteiger partial charge in [0.2, 0.25) is 0 Å². The van der Waals surface area contributed by atoms with Crippen molar-refractivity contribution in [2.24, 2.45) is 0 Å². The summed E-state index contributed by atoms with van der Waals surface area (Å²) in [6.45, 7) is 4.35. The van der Waals surface area contributed by atoms with Gasteiger partial charge >= 0.3 is 0 Å². The number of hydrogen-bond acceptors (Lipinski definition) is 2. The van der Waals surface area contributed by atoms with Crippen LogP contribution in [0, 0.1) is 6.92 Å². The summed E-state index contributed by atoms with van der Waals surface area (Å²) in [5.74, 6) is 0.473. The van der Waals surface area contributed by atoms with Gasteiger partial charge in [0.25, 0.3) is 0 Å². The fourth-order valence-electron chi connectivity index (χ4n) is 1.88. The zero-order valence-electron chi connectivity index (χ0n) is 10.9. The number of para-hydroxylation sites is 1. The van der Waals surface area contributed by atoms with Crippen LogP contribution in [0.4, 0.5) is 0 Å². The van der Waals surface area contributed by atoms with Crippen molar-refractivity contribution in [3.8, 4) is 5.75 Å². The molecule has 0 saturated heterocycles. The number of carbonyl (C=O) groups excluding carboxylic acids is 1. The van der Waals surface area contributed by atoms with E-state index in [0.29, 0.717) is 28.5 Å². The van der Waals surface area contributed by atoms with Gasteiger partial charge in [-0.1, -0.05) is 29.8 Å². The maximum Gasteiger partial charge on any atom is 0.198 e. The first-order valence-corrected chi connectivity index (χ1v) is 6.54. The molecule has 0 aliphatic heterocycles. The molecule has 19 heavy (non-hydrogen) atoms. The fourth-order valence-corrected chi connectivity index (χ4v) is 2.21. The van der Waals surface area contributed by atoms with E-state index in [2.05, 4.69) is 0 Å². The van der Waals surface area contributed by atoms with Crippen molar-refractivity contribution in [2.45, 2.75) is 13.8 Å². The van der Waals surface area contributed by atoms with Gasteiger partial charge in [-0.3, -0.25) is 4.79 Å². The number of ketones is 1. The summed E-state index contributed by atoms with van der Waals surface area (Å²) < 4.78 is 5.48. The van der Waals surface area contributed by atoms with Crippen LogP contribution in [-0.4, -0.2) is 12.4 Å². The second-order valence-corrected chi connectivity index (χ2v) is 4.65. The second-order valence-electron chi connectivity index (χ2n) is 4.24. The van der Waals surface area contributed by atoms with Gasteiger partial charge in [-0.25, -0.2) is 0 Å². The number of rotatable bonds is 4. The molecule has 0 aliphatic carbocycles. The quantitative estimate of drug-likeness (QED) is 0.778. The van der Waals surface area contributed by atoms with Crippen molar-refractivity contribution >= 4 is 17.4 Å². The lowest BCUT2D eigenvalue weighted by molar-refractivity contribution is 0.103. The van der Waals surface area contributed by atoms with E-state index in [1.807, 2.05) is 32.0 Å². The number of benzene rings is 2. The SMILES string of the molecule is CCOc1ccccc1C(=O)c1ccc(C)cc1Cl.